The van der Waals surface area contributed by atoms with Crippen LogP contribution in [0.1, 0.15) is 32.6 Å². The van der Waals surface area contributed by atoms with E-state index in [0.717, 1.165) is 15.3 Å². The number of hydrogen-bond donors (Lipinski definition) is 0. The van der Waals surface area contributed by atoms with Crippen LogP contribution in [0.3, 0.4) is 0 Å². The van der Waals surface area contributed by atoms with Crippen molar-refractivity contribution in [2.45, 2.75) is 36.0 Å². The molecule has 3 aliphatic rings. The van der Waals surface area contributed by atoms with Gasteiger partial charge in [0, 0.05) is 3.42 Å². The normalized spacial score (nSPS) is 55.3. The molecule has 2 bridgehead atoms. The number of alkyl halides is 1. The Labute approximate surface area is 70.5 Å². The van der Waals surface area contributed by atoms with Crippen LogP contribution in [-0.2, 0) is 0 Å². The molecule has 0 heterocycles. The smallest absolute Gasteiger partial charge is 0.0256 e. The van der Waals surface area contributed by atoms with E-state index >= 15 is 0 Å². The monoisotopic (exact) mass is 236 g/mol. The van der Waals surface area contributed by atoms with E-state index in [1.54, 1.807) is 0 Å². The third-order valence-electron chi connectivity index (χ3n) is 3.21. The topological polar surface area (TPSA) is 0 Å². The summed E-state index contributed by atoms with van der Waals surface area (Å²) >= 11 is 2.69. The third-order valence-corrected chi connectivity index (χ3v) is 4.99. The van der Waals surface area contributed by atoms with Gasteiger partial charge >= 0.3 is 0 Å². The Hall–Kier alpha value is 0.730. The van der Waals surface area contributed by atoms with Gasteiger partial charge in [-0.15, -0.1) is 0 Å². The number of hydrogen-bond acceptors (Lipinski definition) is 0. The molecule has 0 spiro atoms. The molecule has 0 nitrogen and oxygen atoms in total. The van der Waals surface area contributed by atoms with Crippen LogP contribution in [0.25, 0.3) is 0 Å². The maximum absolute atomic E-state index is 2.69. The lowest BCUT2D eigenvalue weighted by atomic mass is 9.71. The second-order valence-electron chi connectivity index (χ2n) is 3.55. The summed E-state index contributed by atoms with van der Waals surface area (Å²) in [5, 5.41) is 0. The van der Waals surface area contributed by atoms with Crippen molar-refractivity contribution in [3.63, 3.8) is 0 Å². The van der Waals surface area contributed by atoms with E-state index in [2.05, 4.69) is 29.5 Å². The molecule has 0 aromatic rings. The second-order valence-corrected chi connectivity index (χ2v) is 5.70. The van der Waals surface area contributed by atoms with Crippen molar-refractivity contribution in [1.29, 1.82) is 0 Å². The SMILES string of the molecule is CCC1C2CCC1(I)C2. The van der Waals surface area contributed by atoms with Crippen molar-refractivity contribution in [3.05, 3.63) is 0 Å². The summed E-state index contributed by atoms with van der Waals surface area (Å²) in [5.41, 5.74) is 0. The lowest BCUT2D eigenvalue weighted by molar-refractivity contribution is 0.197. The van der Waals surface area contributed by atoms with Gasteiger partial charge in [-0.05, 0) is 31.1 Å². The van der Waals surface area contributed by atoms with E-state index < -0.39 is 0 Å². The summed E-state index contributed by atoms with van der Waals surface area (Å²) in [5.74, 6) is 2.23. The molecular weight excluding hydrogens is 223 g/mol. The average Bonchev–Trinajstić information content (AvgIpc) is 2.24. The molecule has 1 heteroatoms. The first-order chi connectivity index (χ1) is 4.26. The van der Waals surface area contributed by atoms with Crippen LogP contribution >= 0.6 is 22.6 Å². The van der Waals surface area contributed by atoms with E-state index in [0.29, 0.717) is 0 Å². The summed E-state index contributed by atoms with van der Waals surface area (Å²) < 4.78 is 0.775. The molecule has 3 unspecified atom stereocenters. The van der Waals surface area contributed by atoms with Gasteiger partial charge in [-0.25, -0.2) is 0 Å². The summed E-state index contributed by atoms with van der Waals surface area (Å²) in [4.78, 5) is 0. The lowest BCUT2D eigenvalue weighted by Crippen LogP contribution is -2.40. The largest absolute Gasteiger partial charge is 0.0785 e. The van der Waals surface area contributed by atoms with Gasteiger partial charge in [0.2, 0.25) is 0 Å². The predicted octanol–water partition coefficient (Wildman–Crippen LogP) is 3.00. The van der Waals surface area contributed by atoms with Crippen molar-refractivity contribution in [3.8, 4) is 0 Å². The van der Waals surface area contributed by atoms with Crippen LogP contribution in [0.2, 0.25) is 0 Å². The maximum atomic E-state index is 2.69. The van der Waals surface area contributed by atoms with Gasteiger partial charge in [0.1, 0.15) is 0 Å². The van der Waals surface area contributed by atoms with E-state index in [1.165, 1.54) is 25.7 Å². The van der Waals surface area contributed by atoms with Crippen LogP contribution in [-0.4, -0.2) is 3.42 Å². The highest BCUT2D eigenvalue weighted by Crippen LogP contribution is 2.63. The highest BCUT2D eigenvalue weighted by molar-refractivity contribution is 14.1. The molecule has 3 saturated carbocycles. The minimum atomic E-state index is 0.775. The first-order valence-corrected chi connectivity index (χ1v) is 5.03. The fraction of sp³-hybridized carbons (Fsp3) is 1.00. The van der Waals surface area contributed by atoms with Crippen LogP contribution in [0.5, 0.6) is 0 Å². The fourth-order valence-electron chi connectivity index (χ4n) is 2.71. The first kappa shape index (κ1) is 6.44. The zero-order valence-electron chi connectivity index (χ0n) is 5.86. The van der Waals surface area contributed by atoms with E-state index in [-0.39, 0.29) is 0 Å². The summed E-state index contributed by atoms with van der Waals surface area (Å²) in [6.45, 7) is 2.34. The maximum Gasteiger partial charge on any atom is 0.0256 e. The van der Waals surface area contributed by atoms with Gasteiger partial charge in [0.15, 0.2) is 0 Å². The quantitative estimate of drug-likeness (QED) is 0.485. The minimum Gasteiger partial charge on any atom is -0.0785 e. The fourth-order valence-corrected chi connectivity index (χ4v) is 4.53. The first-order valence-electron chi connectivity index (χ1n) is 3.95. The van der Waals surface area contributed by atoms with Crippen molar-refractivity contribution < 1.29 is 0 Å². The second kappa shape index (κ2) is 1.86. The molecule has 0 aliphatic heterocycles. The summed E-state index contributed by atoms with van der Waals surface area (Å²) in [6, 6.07) is 0. The molecule has 0 aromatic heterocycles. The van der Waals surface area contributed by atoms with E-state index in [9.17, 15) is 0 Å². The predicted molar refractivity (Wildman–Crippen MR) is 47.9 cm³/mol. The molecule has 9 heavy (non-hydrogen) atoms. The van der Waals surface area contributed by atoms with Gasteiger partial charge in [0.05, 0.1) is 0 Å². The van der Waals surface area contributed by atoms with Gasteiger partial charge < -0.3 is 0 Å². The molecule has 3 rings (SSSR count). The molecule has 0 amide bonds. The van der Waals surface area contributed by atoms with Gasteiger partial charge in [0.25, 0.3) is 0 Å². The van der Waals surface area contributed by atoms with Crippen molar-refractivity contribution in [2.24, 2.45) is 11.8 Å². The Bertz CT molecular complexity index is 129. The van der Waals surface area contributed by atoms with Crippen LogP contribution < -0.4 is 0 Å². The van der Waals surface area contributed by atoms with Gasteiger partial charge in [-0.3, -0.25) is 0 Å². The highest BCUT2D eigenvalue weighted by atomic mass is 127. The Morgan fingerprint density at radius 1 is 1.67 bits per heavy atom. The molecular formula is C8H13I. The van der Waals surface area contributed by atoms with E-state index in [1.807, 2.05) is 0 Å². The summed E-state index contributed by atoms with van der Waals surface area (Å²) in [6.07, 6.45) is 6.00. The summed E-state index contributed by atoms with van der Waals surface area (Å²) in [7, 11) is 0. The Balaban J connectivity index is 2.13. The standard InChI is InChI=1S/C8H13I/c1-2-7-6-3-4-8(7,9)5-6/h6-7H,2-5H2,1H3. The van der Waals surface area contributed by atoms with E-state index in [4.69, 9.17) is 0 Å². The van der Waals surface area contributed by atoms with Gasteiger partial charge in [-0.2, -0.15) is 0 Å². The van der Waals surface area contributed by atoms with Crippen molar-refractivity contribution in [1.82, 2.24) is 0 Å². The Morgan fingerprint density at radius 2 is 2.44 bits per heavy atom. The molecule has 3 aliphatic carbocycles. The lowest BCUT2D eigenvalue weighted by Gasteiger charge is -2.43. The Kier molecular flexibility index (Phi) is 1.33. The molecule has 0 aromatic carbocycles. The Morgan fingerprint density at radius 3 is 2.67 bits per heavy atom. The third kappa shape index (κ3) is 0.702. The molecule has 0 radical (unpaired) electrons. The average molecular weight is 236 g/mol. The molecule has 52 valence electrons. The molecule has 0 N–H and O–H groups in total. The number of fused-ring (bicyclic) bond motifs is 1. The van der Waals surface area contributed by atoms with Crippen LogP contribution in [0.15, 0.2) is 0 Å². The zero-order valence-corrected chi connectivity index (χ0v) is 8.02. The van der Waals surface area contributed by atoms with Crippen molar-refractivity contribution >= 4 is 22.6 Å². The number of rotatable bonds is 1. The molecule has 3 fully saturated rings. The minimum absolute atomic E-state index is 0.775. The highest BCUT2D eigenvalue weighted by Gasteiger charge is 2.55. The van der Waals surface area contributed by atoms with Crippen molar-refractivity contribution in [2.75, 3.05) is 0 Å². The molecule has 0 saturated heterocycles. The van der Waals surface area contributed by atoms with Crippen LogP contribution in [0.4, 0.5) is 0 Å². The molecule has 3 atom stereocenters. The zero-order chi connectivity index (χ0) is 6.48. The van der Waals surface area contributed by atoms with Crippen LogP contribution in [0, 0.1) is 11.8 Å². The van der Waals surface area contributed by atoms with Gasteiger partial charge in [-0.1, -0.05) is 35.9 Å². The number of halogens is 1.